The van der Waals surface area contributed by atoms with Gasteiger partial charge in [-0.2, -0.15) is 0 Å². The van der Waals surface area contributed by atoms with Crippen LogP contribution >= 0.6 is 0 Å². The number of carbonyl (C=O) groups is 1. The van der Waals surface area contributed by atoms with Crippen LogP contribution in [0.15, 0.2) is 0 Å². The summed E-state index contributed by atoms with van der Waals surface area (Å²) in [4.78, 5) is 16.0. The highest BCUT2D eigenvalue weighted by Gasteiger charge is 2.35. The molecule has 1 aliphatic carbocycles. The SMILES string of the molecule is CC(CC(C)(N)C(=O)O)N1CCN(C2CC2)CC1. The van der Waals surface area contributed by atoms with Crippen molar-refractivity contribution in [1.82, 2.24) is 9.80 Å². The first-order valence-electron chi connectivity index (χ1n) is 6.90. The van der Waals surface area contributed by atoms with Gasteiger partial charge in [-0.1, -0.05) is 0 Å². The summed E-state index contributed by atoms with van der Waals surface area (Å²) in [5.41, 5.74) is 4.70. The average Bonchev–Trinajstić information content (AvgIpc) is 3.12. The van der Waals surface area contributed by atoms with E-state index >= 15 is 0 Å². The number of hydrogen-bond acceptors (Lipinski definition) is 4. The summed E-state index contributed by atoms with van der Waals surface area (Å²) in [5.74, 6) is -0.911. The third kappa shape index (κ3) is 3.22. The molecule has 104 valence electrons. The lowest BCUT2D eigenvalue weighted by atomic mass is 9.94. The third-order valence-corrected chi connectivity index (χ3v) is 4.24. The minimum absolute atomic E-state index is 0.234. The first kappa shape index (κ1) is 13.8. The number of rotatable bonds is 5. The van der Waals surface area contributed by atoms with Gasteiger partial charge < -0.3 is 10.8 Å². The molecule has 5 nitrogen and oxygen atoms in total. The molecule has 3 N–H and O–H groups in total. The molecule has 1 saturated heterocycles. The molecule has 1 saturated carbocycles. The van der Waals surface area contributed by atoms with Crippen molar-refractivity contribution in [2.45, 2.75) is 50.7 Å². The van der Waals surface area contributed by atoms with Crippen molar-refractivity contribution in [3.05, 3.63) is 0 Å². The maximum Gasteiger partial charge on any atom is 0.323 e. The van der Waals surface area contributed by atoms with Crippen molar-refractivity contribution in [1.29, 1.82) is 0 Å². The lowest BCUT2D eigenvalue weighted by Crippen LogP contribution is -2.54. The Morgan fingerprint density at radius 1 is 1.39 bits per heavy atom. The number of aliphatic carboxylic acids is 1. The predicted molar refractivity (Wildman–Crippen MR) is 70.5 cm³/mol. The van der Waals surface area contributed by atoms with Crippen LogP contribution in [0.4, 0.5) is 0 Å². The van der Waals surface area contributed by atoms with E-state index in [0.29, 0.717) is 6.42 Å². The number of nitrogens with zero attached hydrogens (tertiary/aromatic N) is 2. The van der Waals surface area contributed by atoms with Crippen molar-refractivity contribution < 1.29 is 9.90 Å². The highest BCUT2D eigenvalue weighted by Crippen LogP contribution is 2.28. The third-order valence-electron chi connectivity index (χ3n) is 4.24. The zero-order valence-corrected chi connectivity index (χ0v) is 11.4. The molecular formula is C13H25N3O2. The quantitative estimate of drug-likeness (QED) is 0.741. The maximum absolute atomic E-state index is 11.0. The first-order valence-corrected chi connectivity index (χ1v) is 6.90. The summed E-state index contributed by atoms with van der Waals surface area (Å²) >= 11 is 0. The van der Waals surface area contributed by atoms with E-state index in [1.807, 2.05) is 0 Å². The van der Waals surface area contributed by atoms with Gasteiger partial charge in [0.1, 0.15) is 5.54 Å². The Labute approximate surface area is 109 Å². The molecule has 5 heteroatoms. The largest absolute Gasteiger partial charge is 0.480 e. The predicted octanol–water partition coefficient (Wildman–Crippen LogP) is 0.347. The van der Waals surface area contributed by atoms with Gasteiger partial charge >= 0.3 is 5.97 Å². The van der Waals surface area contributed by atoms with Gasteiger partial charge in [-0.05, 0) is 33.1 Å². The molecule has 0 spiro atoms. The van der Waals surface area contributed by atoms with E-state index in [0.717, 1.165) is 32.2 Å². The summed E-state index contributed by atoms with van der Waals surface area (Å²) in [6.07, 6.45) is 3.22. The van der Waals surface area contributed by atoms with Crippen molar-refractivity contribution in [3.8, 4) is 0 Å². The lowest BCUT2D eigenvalue weighted by Gasteiger charge is -2.39. The van der Waals surface area contributed by atoms with Crippen molar-refractivity contribution in [2.24, 2.45) is 5.73 Å². The van der Waals surface area contributed by atoms with Crippen LogP contribution in [-0.2, 0) is 4.79 Å². The zero-order valence-electron chi connectivity index (χ0n) is 11.4. The molecule has 0 amide bonds. The highest BCUT2D eigenvalue weighted by atomic mass is 16.4. The number of hydrogen-bond donors (Lipinski definition) is 2. The Kier molecular flexibility index (Phi) is 3.94. The average molecular weight is 255 g/mol. The van der Waals surface area contributed by atoms with Crippen molar-refractivity contribution in [2.75, 3.05) is 26.2 Å². The van der Waals surface area contributed by atoms with Crippen LogP contribution in [0.5, 0.6) is 0 Å². The molecular weight excluding hydrogens is 230 g/mol. The van der Waals surface area contributed by atoms with Gasteiger partial charge in [-0.15, -0.1) is 0 Å². The minimum atomic E-state index is -1.12. The van der Waals surface area contributed by atoms with Crippen LogP contribution in [0.2, 0.25) is 0 Å². The second kappa shape index (κ2) is 5.15. The Hall–Kier alpha value is -0.650. The molecule has 1 heterocycles. The number of piperazine rings is 1. The fourth-order valence-corrected chi connectivity index (χ4v) is 2.81. The van der Waals surface area contributed by atoms with Crippen LogP contribution in [0.1, 0.15) is 33.1 Å². The van der Waals surface area contributed by atoms with E-state index in [4.69, 9.17) is 10.8 Å². The Morgan fingerprint density at radius 2 is 1.94 bits per heavy atom. The van der Waals surface area contributed by atoms with E-state index in [9.17, 15) is 4.79 Å². The fourth-order valence-electron chi connectivity index (χ4n) is 2.81. The molecule has 1 aliphatic heterocycles. The molecule has 0 aromatic carbocycles. The summed E-state index contributed by atoms with van der Waals surface area (Å²) in [5, 5.41) is 9.06. The highest BCUT2D eigenvalue weighted by molar-refractivity contribution is 5.77. The fraction of sp³-hybridized carbons (Fsp3) is 0.923. The van der Waals surface area contributed by atoms with Crippen LogP contribution < -0.4 is 5.73 Å². The van der Waals surface area contributed by atoms with Gasteiger partial charge in [0.2, 0.25) is 0 Å². The van der Waals surface area contributed by atoms with E-state index in [-0.39, 0.29) is 6.04 Å². The minimum Gasteiger partial charge on any atom is -0.480 e. The van der Waals surface area contributed by atoms with Gasteiger partial charge in [-0.3, -0.25) is 14.6 Å². The second-order valence-corrected chi connectivity index (χ2v) is 6.08. The lowest BCUT2D eigenvalue weighted by molar-refractivity contribution is -0.143. The molecule has 2 fully saturated rings. The van der Waals surface area contributed by atoms with Crippen LogP contribution in [0.25, 0.3) is 0 Å². The monoisotopic (exact) mass is 255 g/mol. The first-order chi connectivity index (χ1) is 8.40. The zero-order chi connectivity index (χ0) is 13.3. The van der Waals surface area contributed by atoms with E-state index in [2.05, 4.69) is 16.7 Å². The topological polar surface area (TPSA) is 69.8 Å². The summed E-state index contributed by atoms with van der Waals surface area (Å²) in [6, 6.07) is 1.07. The summed E-state index contributed by atoms with van der Waals surface area (Å²) in [6.45, 7) is 7.99. The van der Waals surface area contributed by atoms with Crippen molar-refractivity contribution >= 4 is 5.97 Å². The van der Waals surface area contributed by atoms with Gasteiger partial charge in [0.05, 0.1) is 0 Å². The normalized spacial score (nSPS) is 27.7. The van der Waals surface area contributed by atoms with E-state index in [1.165, 1.54) is 12.8 Å². The van der Waals surface area contributed by atoms with Gasteiger partial charge in [-0.25, -0.2) is 0 Å². The molecule has 0 radical (unpaired) electrons. The Bertz CT molecular complexity index is 307. The van der Waals surface area contributed by atoms with E-state index in [1.54, 1.807) is 6.92 Å². The molecule has 18 heavy (non-hydrogen) atoms. The summed E-state index contributed by atoms with van der Waals surface area (Å²) < 4.78 is 0. The van der Waals surface area contributed by atoms with Crippen LogP contribution in [0.3, 0.4) is 0 Å². The molecule has 0 bridgehead atoms. The Balaban J connectivity index is 1.79. The smallest absolute Gasteiger partial charge is 0.323 e. The number of carboxylic acids is 1. The van der Waals surface area contributed by atoms with Crippen LogP contribution in [0, 0.1) is 0 Å². The molecule has 0 aromatic rings. The van der Waals surface area contributed by atoms with Gasteiger partial charge in [0.15, 0.2) is 0 Å². The summed E-state index contributed by atoms with van der Waals surface area (Å²) in [7, 11) is 0. The molecule has 2 unspecified atom stereocenters. The number of nitrogens with two attached hydrogens (primary N) is 1. The van der Waals surface area contributed by atoms with Gasteiger partial charge in [0.25, 0.3) is 0 Å². The molecule has 2 rings (SSSR count). The van der Waals surface area contributed by atoms with Crippen molar-refractivity contribution in [3.63, 3.8) is 0 Å². The maximum atomic E-state index is 11.0. The molecule has 0 aromatic heterocycles. The van der Waals surface area contributed by atoms with E-state index < -0.39 is 11.5 Å². The molecule has 2 atom stereocenters. The second-order valence-electron chi connectivity index (χ2n) is 6.08. The number of carboxylic acid groups (broad SMARTS) is 1. The standard InChI is InChI=1S/C13H25N3O2/c1-10(9-13(2,14)12(17)18)15-5-7-16(8-6-15)11-3-4-11/h10-11H,3-9,14H2,1-2H3,(H,17,18). The van der Waals surface area contributed by atoms with Crippen LogP contribution in [-0.4, -0.2) is 64.7 Å². The van der Waals surface area contributed by atoms with Gasteiger partial charge in [0, 0.05) is 38.3 Å². The Morgan fingerprint density at radius 3 is 2.39 bits per heavy atom. The molecule has 2 aliphatic rings.